The third-order valence-electron chi connectivity index (χ3n) is 5.48. The van der Waals surface area contributed by atoms with Gasteiger partial charge < -0.3 is 15.5 Å². The van der Waals surface area contributed by atoms with Crippen LogP contribution in [0.3, 0.4) is 0 Å². The molecule has 1 aliphatic rings. The van der Waals surface area contributed by atoms with Gasteiger partial charge in [-0.3, -0.25) is 9.59 Å². The van der Waals surface area contributed by atoms with Gasteiger partial charge in [0.05, 0.1) is 0 Å². The summed E-state index contributed by atoms with van der Waals surface area (Å²) in [5.41, 5.74) is 8.11. The number of nitrogens with two attached hydrogens (primary N) is 1. The first-order valence-electron chi connectivity index (χ1n) is 10.2. The van der Waals surface area contributed by atoms with E-state index >= 15 is 0 Å². The smallest absolute Gasteiger partial charge is 0.226 e. The Kier molecular flexibility index (Phi) is 7.69. The summed E-state index contributed by atoms with van der Waals surface area (Å²) in [6.07, 6.45) is 2.25. The van der Waals surface area contributed by atoms with Gasteiger partial charge in [0.15, 0.2) is 0 Å². The number of primary amides is 1. The minimum atomic E-state index is -0.361. The predicted octanol–water partition coefficient (Wildman–Crippen LogP) is 3.21. The van der Waals surface area contributed by atoms with Crippen molar-refractivity contribution >= 4 is 17.5 Å². The van der Waals surface area contributed by atoms with Gasteiger partial charge in [-0.25, -0.2) is 0 Å². The molecule has 0 radical (unpaired) electrons. The number of carbonyl (C=O) groups is 2. The van der Waals surface area contributed by atoms with Gasteiger partial charge in [0.25, 0.3) is 0 Å². The fourth-order valence-corrected chi connectivity index (χ4v) is 3.97. The zero-order valence-electron chi connectivity index (χ0n) is 17.3. The van der Waals surface area contributed by atoms with Gasteiger partial charge >= 0.3 is 0 Å². The van der Waals surface area contributed by atoms with E-state index in [1.165, 1.54) is 11.3 Å². The minimum Gasteiger partial charge on any atom is -0.369 e. The van der Waals surface area contributed by atoms with Gasteiger partial charge in [0.2, 0.25) is 11.8 Å². The monoisotopic (exact) mass is 373 g/mol. The molecule has 0 bridgehead atoms. The molecule has 5 nitrogen and oxygen atoms in total. The van der Waals surface area contributed by atoms with Gasteiger partial charge in [-0.2, -0.15) is 0 Å². The summed E-state index contributed by atoms with van der Waals surface area (Å²) in [6.45, 7) is 11.3. The number of piperazine rings is 1. The molecule has 0 saturated carbocycles. The molecule has 1 fully saturated rings. The van der Waals surface area contributed by atoms with Crippen LogP contribution in [0.5, 0.6) is 0 Å². The van der Waals surface area contributed by atoms with E-state index in [4.69, 9.17) is 5.73 Å². The molecule has 1 aliphatic heterocycles. The van der Waals surface area contributed by atoms with E-state index in [1.807, 2.05) is 11.8 Å². The highest BCUT2D eigenvalue weighted by Crippen LogP contribution is 2.28. The minimum absolute atomic E-state index is 0.101. The number of nitrogens with zero attached hydrogens (tertiary/aromatic N) is 2. The maximum Gasteiger partial charge on any atom is 0.226 e. The second-order valence-electron chi connectivity index (χ2n) is 8.18. The quantitative estimate of drug-likeness (QED) is 0.761. The second kappa shape index (κ2) is 9.77. The van der Waals surface area contributed by atoms with Crippen LogP contribution >= 0.6 is 0 Å². The van der Waals surface area contributed by atoms with Crippen molar-refractivity contribution in [3.05, 3.63) is 29.8 Å². The largest absolute Gasteiger partial charge is 0.369 e. The van der Waals surface area contributed by atoms with E-state index in [1.54, 1.807) is 0 Å². The number of carbonyl (C=O) groups excluding carboxylic acids is 2. The van der Waals surface area contributed by atoms with Gasteiger partial charge in [-0.15, -0.1) is 0 Å². The Morgan fingerprint density at radius 3 is 2.11 bits per heavy atom. The molecule has 5 heteroatoms. The molecular formula is C22H35N3O2. The standard InChI is InChI=1S/C22H35N3O2/c1-5-6-19(21(23)26)20(15-16(2)3)22(27)25-13-11-24(12-14-25)18-9-7-17(4)8-10-18/h7-10,16,19-20H,5-6,11-15H2,1-4H3,(H2,23,26)/t19-,20+/m0/s1. The van der Waals surface area contributed by atoms with Crippen molar-refractivity contribution in [3.63, 3.8) is 0 Å². The number of anilines is 1. The van der Waals surface area contributed by atoms with Crippen LogP contribution in [0.2, 0.25) is 0 Å². The Morgan fingerprint density at radius 1 is 1.04 bits per heavy atom. The number of aryl methyl sites for hydroxylation is 1. The van der Waals surface area contributed by atoms with E-state index in [9.17, 15) is 9.59 Å². The number of hydrogen-bond acceptors (Lipinski definition) is 3. The fraction of sp³-hybridized carbons (Fsp3) is 0.636. The van der Waals surface area contributed by atoms with Gasteiger partial charge in [0.1, 0.15) is 0 Å². The molecule has 0 aromatic heterocycles. The van der Waals surface area contributed by atoms with Crippen LogP contribution in [0.4, 0.5) is 5.69 Å². The Morgan fingerprint density at radius 2 is 1.63 bits per heavy atom. The van der Waals surface area contributed by atoms with Crippen LogP contribution in [-0.4, -0.2) is 42.9 Å². The number of amides is 2. The molecule has 1 aromatic rings. The maximum absolute atomic E-state index is 13.2. The molecule has 0 unspecified atom stereocenters. The first-order valence-corrected chi connectivity index (χ1v) is 10.2. The van der Waals surface area contributed by atoms with E-state index in [0.29, 0.717) is 31.8 Å². The molecular weight excluding hydrogens is 338 g/mol. The zero-order valence-corrected chi connectivity index (χ0v) is 17.3. The fourth-order valence-electron chi connectivity index (χ4n) is 3.97. The highest BCUT2D eigenvalue weighted by molar-refractivity contribution is 5.87. The molecule has 1 heterocycles. The van der Waals surface area contributed by atoms with Crippen LogP contribution in [-0.2, 0) is 9.59 Å². The Hall–Kier alpha value is -2.04. The molecule has 0 aliphatic carbocycles. The van der Waals surface area contributed by atoms with Gasteiger partial charge in [0, 0.05) is 43.7 Å². The van der Waals surface area contributed by atoms with Crippen molar-refractivity contribution in [3.8, 4) is 0 Å². The normalized spacial score (nSPS) is 17.1. The molecule has 2 atom stereocenters. The third-order valence-corrected chi connectivity index (χ3v) is 5.48. The second-order valence-corrected chi connectivity index (χ2v) is 8.18. The summed E-state index contributed by atoms with van der Waals surface area (Å²) in [5.74, 6) is -0.543. The van der Waals surface area contributed by atoms with E-state index in [2.05, 4.69) is 49.9 Å². The summed E-state index contributed by atoms with van der Waals surface area (Å²) < 4.78 is 0. The van der Waals surface area contributed by atoms with Crippen LogP contribution < -0.4 is 10.6 Å². The van der Waals surface area contributed by atoms with Crippen molar-refractivity contribution in [1.29, 1.82) is 0 Å². The summed E-state index contributed by atoms with van der Waals surface area (Å²) in [4.78, 5) is 29.5. The molecule has 0 spiro atoms. The average molecular weight is 374 g/mol. The zero-order chi connectivity index (χ0) is 20.0. The molecule has 2 N–H and O–H groups in total. The summed E-state index contributed by atoms with van der Waals surface area (Å²) in [7, 11) is 0. The third kappa shape index (κ3) is 5.72. The maximum atomic E-state index is 13.2. The molecule has 27 heavy (non-hydrogen) atoms. The Labute approximate surface area is 163 Å². The molecule has 2 rings (SSSR count). The highest BCUT2D eigenvalue weighted by atomic mass is 16.2. The summed E-state index contributed by atoms with van der Waals surface area (Å²) in [5, 5.41) is 0. The topological polar surface area (TPSA) is 66.6 Å². The van der Waals surface area contributed by atoms with Crippen LogP contribution in [0.25, 0.3) is 0 Å². The van der Waals surface area contributed by atoms with Crippen LogP contribution in [0.1, 0.15) is 45.6 Å². The first kappa shape index (κ1) is 21.3. The number of rotatable bonds is 8. The van der Waals surface area contributed by atoms with Crippen LogP contribution in [0, 0.1) is 24.7 Å². The van der Waals surface area contributed by atoms with Crippen molar-refractivity contribution in [2.24, 2.45) is 23.5 Å². The van der Waals surface area contributed by atoms with E-state index < -0.39 is 0 Å². The number of benzene rings is 1. The van der Waals surface area contributed by atoms with E-state index in [-0.39, 0.29) is 23.7 Å². The molecule has 1 saturated heterocycles. The van der Waals surface area contributed by atoms with Crippen LogP contribution in [0.15, 0.2) is 24.3 Å². The molecule has 1 aromatic carbocycles. The SMILES string of the molecule is CCC[C@H](C(N)=O)[C@@H](CC(C)C)C(=O)N1CCN(c2ccc(C)cc2)CC1. The lowest BCUT2D eigenvalue weighted by molar-refractivity contribution is -0.142. The lowest BCUT2D eigenvalue weighted by Gasteiger charge is -2.39. The highest BCUT2D eigenvalue weighted by Gasteiger charge is 2.35. The summed E-state index contributed by atoms with van der Waals surface area (Å²) in [6, 6.07) is 8.51. The predicted molar refractivity (Wildman–Crippen MR) is 111 cm³/mol. The molecule has 2 amide bonds. The van der Waals surface area contributed by atoms with Crippen molar-refractivity contribution in [2.45, 2.75) is 47.0 Å². The first-order chi connectivity index (χ1) is 12.8. The lowest BCUT2D eigenvalue weighted by atomic mass is 9.81. The lowest BCUT2D eigenvalue weighted by Crippen LogP contribution is -2.52. The van der Waals surface area contributed by atoms with Crippen molar-refractivity contribution < 1.29 is 9.59 Å². The Bertz CT molecular complexity index is 619. The number of hydrogen-bond donors (Lipinski definition) is 1. The van der Waals surface area contributed by atoms with Gasteiger partial charge in [-0.1, -0.05) is 44.9 Å². The van der Waals surface area contributed by atoms with Crippen molar-refractivity contribution in [1.82, 2.24) is 4.90 Å². The Balaban J connectivity index is 2.05. The van der Waals surface area contributed by atoms with Gasteiger partial charge in [-0.05, 0) is 37.8 Å². The van der Waals surface area contributed by atoms with E-state index in [0.717, 1.165) is 19.5 Å². The molecule has 150 valence electrons. The average Bonchev–Trinajstić information content (AvgIpc) is 2.64. The summed E-state index contributed by atoms with van der Waals surface area (Å²) >= 11 is 0. The van der Waals surface area contributed by atoms with Crippen molar-refractivity contribution in [2.75, 3.05) is 31.1 Å².